The molecule has 0 aliphatic carbocycles. The Bertz CT molecular complexity index is 161. The van der Waals surface area contributed by atoms with Crippen LogP contribution >= 0.6 is 0 Å². The molecule has 1 N–H and O–H groups in total. The lowest BCUT2D eigenvalue weighted by Gasteiger charge is -2.21. The fraction of sp³-hybridized carbons (Fsp3) is 1.00. The average Bonchev–Trinajstić information content (AvgIpc) is 2.42. The van der Waals surface area contributed by atoms with Crippen LogP contribution in [0.4, 0.5) is 0 Å². The fourth-order valence-electron chi connectivity index (χ4n) is 2.49. The van der Waals surface area contributed by atoms with Gasteiger partial charge < -0.3 is 10.3 Å². The normalized spacial score (nSPS) is 12.8. The molecule has 0 aliphatic rings. The van der Waals surface area contributed by atoms with E-state index in [0.29, 0.717) is 5.06 Å². The second-order valence-electron chi connectivity index (χ2n) is 5.93. The van der Waals surface area contributed by atoms with E-state index in [1.54, 1.807) is 0 Å². The third-order valence-electron chi connectivity index (χ3n) is 3.87. The molecule has 0 aromatic rings. The number of unbranched alkanes of at least 4 members (excludes halogenated alkanes) is 11. The first kappa shape index (κ1) is 18.9. The lowest BCUT2D eigenvalue weighted by Crippen LogP contribution is -3.07. The Morgan fingerprint density at radius 1 is 0.526 bits per heavy atom. The van der Waals surface area contributed by atoms with E-state index < -0.39 is 0 Å². The topological polar surface area (TPSA) is 27.5 Å². The highest BCUT2D eigenvalue weighted by Crippen LogP contribution is 2.10. The largest absolute Gasteiger partial charge is 0.634 e. The Morgan fingerprint density at radius 3 is 1.37 bits per heavy atom. The van der Waals surface area contributed by atoms with Crippen LogP contribution in [0.15, 0.2) is 0 Å². The molecule has 0 bridgehead atoms. The molecule has 2 heteroatoms. The number of nitrogens with one attached hydrogen (secondary N) is 1. The van der Waals surface area contributed by atoms with Crippen molar-refractivity contribution in [3.63, 3.8) is 0 Å². The zero-order valence-corrected chi connectivity index (χ0v) is 13.5. The molecule has 0 aromatic heterocycles. The van der Waals surface area contributed by atoms with Crippen molar-refractivity contribution in [3.05, 3.63) is 5.21 Å². The van der Waals surface area contributed by atoms with E-state index in [4.69, 9.17) is 0 Å². The highest BCUT2D eigenvalue weighted by Gasteiger charge is 1.97. The van der Waals surface area contributed by atoms with Gasteiger partial charge >= 0.3 is 0 Å². The maximum absolute atomic E-state index is 11.5. The Kier molecular flexibility index (Phi) is 15.9. The van der Waals surface area contributed by atoms with Crippen LogP contribution in [0.3, 0.4) is 0 Å². The van der Waals surface area contributed by atoms with Crippen LogP contribution in [0.5, 0.6) is 0 Å². The van der Waals surface area contributed by atoms with E-state index in [-0.39, 0.29) is 0 Å². The van der Waals surface area contributed by atoms with E-state index >= 15 is 0 Å². The van der Waals surface area contributed by atoms with Crippen LogP contribution in [-0.4, -0.2) is 13.1 Å². The monoisotopic (exact) mass is 271 g/mol. The minimum absolute atomic E-state index is 0.484. The van der Waals surface area contributed by atoms with Crippen molar-refractivity contribution in [2.24, 2.45) is 0 Å². The van der Waals surface area contributed by atoms with Crippen molar-refractivity contribution in [1.82, 2.24) is 0 Å². The second kappa shape index (κ2) is 16.0. The number of hydrogen-bond donors (Lipinski definition) is 1. The predicted octanol–water partition coefficient (Wildman–Crippen LogP) is 4.48. The predicted molar refractivity (Wildman–Crippen MR) is 85.4 cm³/mol. The van der Waals surface area contributed by atoms with Crippen LogP contribution in [0, 0.1) is 5.21 Å². The molecular weight excluding hydrogens is 234 g/mol. The Hall–Kier alpha value is -0.0800. The minimum atomic E-state index is 0.484. The first-order valence-electron chi connectivity index (χ1n) is 8.83. The van der Waals surface area contributed by atoms with Crippen molar-refractivity contribution >= 4 is 0 Å². The van der Waals surface area contributed by atoms with Gasteiger partial charge in [-0.1, -0.05) is 78.1 Å². The zero-order valence-electron chi connectivity index (χ0n) is 13.5. The van der Waals surface area contributed by atoms with Crippen molar-refractivity contribution in [2.75, 3.05) is 13.1 Å². The maximum atomic E-state index is 11.5. The summed E-state index contributed by atoms with van der Waals surface area (Å²) in [4.78, 5) is 0. The van der Waals surface area contributed by atoms with Crippen molar-refractivity contribution < 1.29 is 5.06 Å². The molecule has 0 rings (SSSR count). The van der Waals surface area contributed by atoms with Gasteiger partial charge in [-0.25, -0.2) is 0 Å². The summed E-state index contributed by atoms with van der Waals surface area (Å²) in [5, 5.41) is 11.9. The van der Waals surface area contributed by atoms with Crippen molar-refractivity contribution in [3.8, 4) is 0 Å². The highest BCUT2D eigenvalue weighted by atomic mass is 16.5. The molecule has 0 aromatic carbocycles. The van der Waals surface area contributed by atoms with Gasteiger partial charge in [-0.2, -0.15) is 0 Å². The standard InChI is InChI=1S/C17H37NO/c1-3-5-7-8-9-10-11-12-13-14-15-17-18(19)16-6-4-2/h18H,3-17H2,1-2H3. The smallest absolute Gasteiger partial charge is 0.0768 e. The van der Waals surface area contributed by atoms with E-state index in [2.05, 4.69) is 13.8 Å². The lowest BCUT2D eigenvalue weighted by atomic mass is 10.1. The molecule has 0 radical (unpaired) electrons. The SMILES string of the molecule is CCCCCCCCCCCCC[NH+]([O-])CCCC. The summed E-state index contributed by atoms with van der Waals surface area (Å²) in [6, 6.07) is 0. The summed E-state index contributed by atoms with van der Waals surface area (Å²) in [6.45, 7) is 6.06. The molecule has 0 amide bonds. The van der Waals surface area contributed by atoms with Gasteiger partial charge in [0.15, 0.2) is 0 Å². The van der Waals surface area contributed by atoms with Gasteiger partial charge in [0, 0.05) is 0 Å². The van der Waals surface area contributed by atoms with Crippen LogP contribution in [0.1, 0.15) is 97.3 Å². The van der Waals surface area contributed by atoms with Crippen LogP contribution in [0.2, 0.25) is 0 Å². The second-order valence-corrected chi connectivity index (χ2v) is 5.93. The Labute approximate surface area is 121 Å². The maximum Gasteiger partial charge on any atom is 0.0768 e. The van der Waals surface area contributed by atoms with Gasteiger partial charge in [0.05, 0.1) is 13.1 Å². The van der Waals surface area contributed by atoms with Gasteiger partial charge in [0.2, 0.25) is 0 Å². The first-order chi connectivity index (χ1) is 9.31. The molecule has 1 unspecified atom stereocenters. The molecule has 19 heavy (non-hydrogen) atoms. The first-order valence-corrected chi connectivity index (χ1v) is 8.83. The van der Waals surface area contributed by atoms with Gasteiger partial charge in [-0.05, 0) is 19.3 Å². The minimum Gasteiger partial charge on any atom is -0.634 e. The highest BCUT2D eigenvalue weighted by molar-refractivity contribution is 4.47. The van der Waals surface area contributed by atoms with E-state index in [9.17, 15) is 5.21 Å². The molecule has 0 aliphatic heterocycles. The van der Waals surface area contributed by atoms with E-state index in [1.165, 1.54) is 64.2 Å². The Morgan fingerprint density at radius 2 is 0.895 bits per heavy atom. The van der Waals surface area contributed by atoms with Crippen LogP contribution < -0.4 is 5.06 Å². The Balaban J connectivity index is 3.02. The molecule has 116 valence electrons. The number of rotatable bonds is 15. The molecule has 0 saturated heterocycles. The molecule has 0 spiro atoms. The van der Waals surface area contributed by atoms with Crippen LogP contribution in [-0.2, 0) is 0 Å². The molecule has 0 saturated carbocycles. The molecular formula is C17H37NO. The molecule has 1 atom stereocenters. The van der Waals surface area contributed by atoms with E-state index in [1.807, 2.05) is 0 Å². The lowest BCUT2D eigenvalue weighted by molar-refractivity contribution is -0.848. The number of hydroxylamine groups is 2. The van der Waals surface area contributed by atoms with Crippen molar-refractivity contribution in [1.29, 1.82) is 0 Å². The summed E-state index contributed by atoms with van der Waals surface area (Å²) < 4.78 is 0. The number of hydrogen-bond acceptors (Lipinski definition) is 1. The van der Waals surface area contributed by atoms with Gasteiger partial charge in [-0.3, -0.25) is 0 Å². The number of quaternary nitrogens is 1. The quantitative estimate of drug-likeness (QED) is 0.345. The van der Waals surface area contributed by atoms with Crippen LogP contribution in [0.25, 0.3) is 0 Å². The van der Waals surface area contributed by atoms with Gasteiger partial charge in [-0.15, -0.1) is 0 Å². The van der Waals surface area contributed by atoms with Gasteiger partial charge in [0.1, 0.15) is 0 Å². The fourth-order valence-corrected chi connectivity index (χ4v) is 2.49. The summed E-state index contributed by atoms with van der Waals surface area (Å²) in [5.41, 5.74) is 0. The summed E-state index contributed by atoms with van der Waals surface area (Å²) in [6.07, 6.45) is 17.2. The summed E-state index contributed by atoms with van der Waals surface area (Å²) >= 11 is 0. The van der Waals surface area contributed by atoms with Gasteiger partial charge in [0.25, 0.3) is 0 Å². The van der Waals surface area contributed by atoms with E-state index in [0.717, 1.165) is 32.4 Å². The molecule has 0 heterocycles. The third kappa shape index (κ3) is 15.9. The zero-order chi connectivity index (χ0) is 14.2. The average molecular weight is 271 g/mol. The summed E-state index contributed by atoms with van der Waals surface area (Å²) in [5.74, 6) is 0. The summed E-state index contributed by atoms with van der Waals surface area (Å²) in [7, 11) is 0. The third-order valence-corrected chi connectivity index (χ3v) is 3.87. The molecule has 2 nitrogen and oxygen atoms in total. The molecule has 0 fully saturated rings. The van der Waals surface area contributed by atoms with Crippen molar-refractivity contribution in [2.45, 2.75) is 97.3 Å².